The van der Waals surface area contributed by atoms with Gasteiger partial charge in [0.25, 0.3) is 10.2 Å². The smallest absolute Gasteiger partial charge is 0.322 e. The van der Waals surface area contributed by atoms with Crippen molar-refractivity contribution in [3.05, 3.63) is 0 Å². The van der Waals surface area contributed by atoms with E-state index in [1.165, 1.54) is 4.31 Å². The highest BCUT2D eigenvalue weighted by molar-refractivity contribution is 7.87. The predicted octanol–water partition coefficient (Wildman–Crippen LogP) is 1.20. The van der Waals surface area contributed by atoms with Crippen LogP contribution in [0, 0.1) is 5.92 Å². The number of nitrogens with one attached hydrogen (secondary N) is 1. The number of hydrogen-bond acceptors (Lipinski definition) is 3. The van der Waals surface area contributed by atoms with Crippen LogP contribution in [-0.2, 0) is 15.0 Å². The van der Waals surface area contributed by atoms with E-state index >= 15 is 0 Å². The molecule has 1 aliphatic rings. The van der Waals surface area contributed by atoms with Crippen molar-refractivity contribution in [2.24, 2.45) is 5.92 Å². The van der Waals surface area contributed by atoms with Crippen molar-refractivity contribution in [1.29, 1.82) is 0 Å². The summed E-state index contributed by atoms with van der Waals surface area (Å²) >= 11 is 0. The van der Waals surface area contributed by atoms with Gasteiger partial charge in [-0.3, -0.25) is 4.79 Å². The van der Waals surface area contributed by atoms with Crippen molar-refractivity contribution in [3.8, 4) is 0 Å². The summed E-state index contributed by atoms with van der Waals surface area (Å²) in [6.07, 6.45) is 4.34. The molecule has 2 atom stereocenters. The first-order valence-electron chi connectivity index (χ1n) is 6.88. The van der Waals surface area contributed by atoms with E-state index in [1.807, 2.05) is 6.92 Å². The molecule has 7 heteroatoms. The van der Waals surface area contributed by atoms with Crippen molar-refractivity contribution in [2.75, 3.05) is 13.1 Å². The molecule has 1 heterocycles. The molecule has 112 valence electrons. The minimum absolute atomic E-state index is 0.237. The zero-order valence-corrected chi connectivity index (χ0v) is 12.4. The molecule has 0 aliphatic carbocycles. The van der Waals surface area contributed by atoms with Gasteiger partial charge in [-0.1, -0.05) is 33.1 Å². The van der Waals surface area contributed by atoms with Crippen molar-refractivity contribution in [3.63, 3.8) is 0 Å². The molecule has 0 bridgehead atoms. The molecular formula is C12H24N2O4S. The summed E-state index contributed by atoms with van der Waals surface area (Å²) in [7, 11) is -3.70. The molecular weight excluding hydrogens is 268 g/mol. The Labute approximate surface area is 115 Å². The molecule has 1 fully saturated rings. The number of nitrogens with zero attached hydrogens (tertiary/aromatic N) is 1. The summed E-state index contributed by atoms with van der Waals surface area (Å²) in [6, 6.07) is -1.06. The third kappa shape index (κ3) is 4.74. The van der Waals surface area contributed by atoms with Gasteiger partial charge >= 0.3 is 5.97 Å². The minimum Gasteiger partial charge on any atom is -0.480 e. The van der Waals surface area contributed by atoms with Crippen LogP contribution in [0.5, 0.6) is 0 Å². The van der Waals surface area contributed by atoms with E-state index in [2.05, 4.69) is 4.72 Å². The van der Waals surface area contributed by atoms with Crippen molar-refractivity contribution >= 4 is 16.2 Å². The fraction of sp³-hybridized carbons (Fsp3) is 0.917. The normalized spacial score (nSPS) is 21.6. The van der Waals surface area contributed by atoms with E-state index < -0.39 is 22.2 Å². The first-order valence-corrected chi connectivity index (χ1v) is 8.32. The lowest BCUT2D eigenvalue weighted by atomic mass is 10.0. The van der Waals surface area contributed by atoms with E-state index in [9.17, 15) is 13.2 Å². The molecule has 0 aromatic heterocycles. The zero-order valence-electron chi connectivity index (χ0n) is 11.6. The zero-order chi connectivity index (χ0) is 14.5. The highest BCUT2D eigenvalue weighted by atomic mass is 32.2. The van der Waals surface area contributed by atoms with Crippen LogP contribution in [0.3, 0.4) is 0 Å². The van der Waals surface area contributed by atoms with E-state index in [1.54, 1.807) is 6.92 Å². The summed E-state index contributed by atoms with van der Waals surface area (Å²) in [4.78, 5) is 11.2. The summed E-state index contributed by atoms with van der Waals surface area (Å²) in [5, 5.41) is 9.15. The monoisotopic (exact) mass is 292 g/mol. The number of aliphatic carboxylic acids is 1. The fourth-order valence-corrected chi connectivity index (χ4v) is 3.70. The van der Waals surface area contributed by atoms with Crippen LogP contribution < -0.4 is 4.72 Å². The molecule has 2 unspecified atom stereocenters. The summed E-state index contributed by atoms with van der Waals surface area (Å²) in [6.45, 7) is 4.54. The first kappa shape index (κ1) is 16.4. The second kappa shape index (κ2) is 7.21. The molecule has 0 aromatic carbocycles. The Bertz CT molecular complexity index is 389. The second-order valence-electron chi connectivity index (χ2n) is 5.14. The quantitative estimate of drug-likeness (QED) is 0.770. The van der Waals surface area contributed by atoms with Crippen LogP contribution in [0.25, 0.3) is 0 Å². The van der Waals surface area contributed by atoms with Crippen molar-refractivity contribution in [1.82, 2.24) is 9.03 Å². The topological polar surface area (TPSA) is 86.7 Å². The highest BCUT2D eigenvalue weighted by Gasteiger charge is 2.32. The molecule has 0 amide bonds. The van der Waals surface area contributed by atoms with Gasteiger partial charge in [0, 0.05) is 13.1 Å². The Morgan fingerprint density at radius 1 is 1.26 bits per heavy atom. The number of carboxylic acid groups (broad SMARTS) is 1. The predicted molar refractivity (Wildman–Crippen MR) is 73.0 cm³/mol. The minimum atomic E-state index is -3.70. The maximum Gasteiger partial charge on any atom is 0.322 e. The molecule has 6 nitrogen and oxygen atoms in total. The van der Waals surface area contributed by atoms with Gasteiger partial charge in [-0.15, -0.1) is 0 Å². The lowest BCUT2D eigenvalue weighted by Gasteiger charge is -2.25. The van der Waals surface area contributed by atoms with Gasteiger partial charge < -0.3 is 5.11 Å². The van der Waals surface area contributed by atoms with E-state index in [0.29, 0.717) is 19.5 Å². The maximum absolute atomic E-state index is 12.2. The SMILES string of the molecule is CCC(C)C(NS(=O)(=O)N1CCCCCC1)C(=O)O. The van der Waals surface area contributed by atoms with Gasteiger partial charge in [-0.2, -0.15) is 17.4 Å². The van der Waals surface area contributed by atoms with Crippen LogP contribution in [0.2, 0.25) is 0 Å². The molecule has 2 N–H and O–H groups in total. The van der Waals surface area contributed by atoms with Crippen LogP contribution >= 0.6 is 0 Å². The number of hydrogen-bond donors (Lipinski definition) is 2. The van der Waals surface area contributed by atoms with Crippen LogP contribution in [0.4, 0.5) is 0 Å². The Morgan fingerprint density at radius 3 is 2.21 bits per heavy atom. The van der Waals surface area contributed by atoms with Gasteiger partial charge in [0.1, 0.15) is 6.04 Å². The van der Waals surface area contributed by atoms with Gasteiger partial charge in [0.05, 0.1) is 0 Å². The molecule has 0 saturated carbocycles. The molecule has 0 spiro atoms. The lowest BCUT2D eigenvalue weighted by Crippen LogP contribution is -2.51. The van der Waals surface area contributed by atoms with Gasteiger partial charge in [-0.25, -0.2) is 0 Å². The molecule has 1 aliphatic heterocycles. The number of carboxylic acids is 1. The van der Waals surface area contributed by atoms with Crippen LogP contribution in [0.15, 0.2) is 0 Å². The van der Waals surface area contributed by atoms with Crippen molar-refractivity contribution in [2.45, 2.75) is 52.0 Å². The van der Waals surface area contributed by atoms with E-state index in [0.717, 1.165) is 25.7 Å². The molecule has 0 aromatic rings. The van der Waals surface area contributed by atoms with E-state index in [-0.39, 0.29) is 5.92 Å². The number of carbonyl (C=O) groups is 1. The Hall–Kier alpha value is -0.660. The van der Waals surface area contributed by atoms with Gasteiger partial charge in [-0.05, 0) is 18.8 Å². The van der Waals surface area contributed by atoms with E-state index in [4.69, 9.17) is 5.11 Å². The molecule has 0 radical (unpaired) electrons. The van der Waals surface area contributed by atoms with Gasteiger partial charge in [0.2, 0.25) is 0 Å². The van der Waals surface area contributed by atoms with Crippen LogP contribution in [0.1, 0.15) is 46.0 Å². The third-order valence-electron chi connectivity index (χ3n) is 3.66. The Kier molecular flexibility index (Phi) is 6.22. The van der Waals surface area contributed by atoms with Crippen LogP contribution in [-0.4, -0.2) is 42.9 Å². The first-order chi connectivity index (χ1) is 8.88. The fourth-order valence-electron chi connectivity index (χ4n) is 2.16. The Balaban J connectivity index is 2.77. The average molecular weight is 292 g/mol. The Morgan fingerprint density at radius 2 is 1.79 bits per heavy atom. The summed E-state index contributed by atoms with van der Waals surface area (Å²) in [5.74, 6) is -1.35. The standard InChI is InChI=1S/C12H24N2O4S/c1-3-10(2)11(12(15)16)13-19(17,18)14-8-6-4-5-7-9-14/h10-11,13H,3-9H2,1-2H3,(H,15,16). The average Bonchev–Trinajstić information content (AvgIpc) is 2.64. The van der Waals surface area contributed by atoms with Crippen molar-refractivity contribution < 1.29 is 18.3 Å². The molecule has 1 saturated heterocycles. The highest BCUT2D eigenvalue weighted by Crippen LogP contribution is 2.15. The lowest BCUT2D eigenvalue weighted by molar-refractivity contribution is -0.140. The maximum atomic E-state index is 12.2. The third-order valence-corrected chi connectivity index (χ3v) is 5.26. The summed E-state index contributed by atoms with van der Waals surface area (Å²) in [5.41, 5.74) is 0. The summed E-state index contributed by atoms with van der Waals surface area (Å²) < 4.78 is 28.2. The largest absolute Gasteiger partial charge is 0.480 e. The molecule has 1 rings (SSSR count). The second-order valence-corrected chi connectivity index (χ2v) is 6.84. The molecule has 19 heavy (non-hydrogen) atoms. The number of rotatable bonds is 6. The van der Waals surface area contributed by atoms with Gasteiger partial charge in [0.15, 0.2) is 0 Å².